The lowest BCUT2D eigenvalue weighted by atomic mass is 9.85. The molecule has 126 valence electrons. The summed E-state index contributed by atoms with van der Waals surface area (Å²) in [6.45, 7) is 6.48. The Balaban J connectivity index is 1.71. The Hall–Kier alpha value is -2.08. The monoisotopic (exact) mass is 319 g/mol. The highest BCUT2D eigenvalue weighted by Gasteiger charge is 2.46. The van der Waals surface area contributed by atoms with Crippen LogP contribution in [-0.2, 0) is 9.59 Å². The van der Waals surface area contributed by atoms with E-state index in [0.29, 0.717) is 26.2 Å². The van der Waals surface area contributed by atoms with E-state index in [1.54, 1.807) is 0 Å². The molecule has 1 aromatic carbocycles. The number of benzene rings is 1. The molecule has 2 rings (SSSR count). The first-order valence-electron chi connectivity index (χ1n) is 7.98. The van der Waals surface area contributed by atoms with E-state index in [4.69, 9.17) is 4.74 Å². The molecule has 1 saturated heterocycles. The van der Waals surface area contributed by atoms with Gasteiger partial charge in [-0.05, 0) is 25.5 Å². The second-order valence-electron chi connectivity index (χ2n) is 5.91. The summed E-state index contributed by atoms with van der Waals surface area (Å²) in [6.07, 6.45) is 0.838. The van der Waals surface area contributed by atoms with Crippen molar-refractivity contribution >= 4 is 11.8 Å². The molecule has 0 bridgehead atoms. The quantitative estimate of drug-likeness (QED) is 0.695. The van der Waals surface area contributed by atoms with Crippen LogP contribution in [0.3, 0.4) is 0 Å². The van der Waals surface area contributed by atoms with Crippen LogP contribution in [0.25, 0.3) is 0 Å². The third-order valence-corrected chi connectivity index (χ3v) is 4.21. The zero-order valence-electron chi connectivity index (χ0n) is 13.8. The Morgan fingerprint density at radius 2 is 1.91 bits per heavy atom. The van der Waals surface area contributed by atoms with Crippen LogP contribution in [-0.4, -0.2) is 55.0 Å². The van der Waals surface area contributed by atoms with E-state index in [0.717, 1.165) is 18.7 Å². The van der Waals surface area contributed by atoms with Crippen molar-refractivity contribution in [2.24, 2.45) is 0 Å². The Bertz CT molecular complexity index is 535. The molecule has 6 nitrogen and oxygen atoms in total. The Labute approximate surface area is 137 Å². The van der Waals surface area contributed by atoms with Gasteiger partial charge in [-0.25, -0.2) is 0 Å². The molecule has 6 heteroatoms. The Morgan fingerprint density at radius 3 is 2.52 bits per heavy atom. The average molecular weight is 319 g/mol. The molecule has 0 saturated carbocycles. The minimum absolute atomic E-state index is 0.00816. The van der Waals surface area contributed by atoms with Crippen LogP contribution < -0.4 is 15.4 Å². The van der Waals surface area contributed by atoms with Gasteiger partial charge in [-0.2, -0.15) is 0 Å². The van der Waals surface area contributed by atoms with Crippen LogP contribution in [0.1, 0.15) is 20.3 Å². The summed E-state index contributed by atoms with van der Waals surface area (Å²) < 4.78 is 5.69. The maximum absolute atomic E-state index is 12.3. The van der Waals surface area contributed by atoms with E-state index in [9.17, 15) is 9.59 Å². The highest BCUT2D eigenvalue weighted by Crippen LogP contribution is 2.30. The molecule has 23 heavy (non-hydrogen) atoms. The minimum Gasteiger partial charge on any atom is -0.492 e. The number of rotatable bonds is 8. The summed E-state index contributed by atoms with van der Waals surface area (Å²) in [5.74, 6) is 0.761. The predicted molar refractivity (Wildman–Crippen MR) is 88.2 cm³/mol. The van der Waals surface area contributed by atoms with E-state index >= 15 is 0 Å². The highest BCUT2D eigenvalue weighted by molar-refractivity contribution is 5.87. The van der Waals surface area contributed by atoms with Crippen LogP contribution in [0.4, 0.5) is 0 Å². The van der Waals surface area contributed by atoms with Gasteiger partial charge in [-0.3, -0.25) is 14.5 Å². The lowest BCUT2D eigenvalue weighted by molar-refractivity contribution is -0.141. The molecule has 0 radical (unpaired) electrons. The number of ether oxygens (including phenoxy) is 1. The molecule has 1 fully saturated rings. The summed E-state index contributed by atoms with van der Waals surface area (Å²) in [5, 5.41) is 5.55. The van der Waals surface area contributed by atoms with Crippen molar-refractivity contribution in [1.82, 2.24) is 15.5 Å². The van der Waals surface area contributed by atoms with Gasteiger partial charge < -0.3 is 15.4 Å². The summed E-state index contributed by atoms with van der Waals surface area (Å²) in [6, 6.07) is 9.66. The van der Waals surface area contributed by atoms with E-state index in [-0.39, 0.29) is 11.8 Å². The van der Waals surface area contributed by atoms with Crippen molar-refractivity contribution in [3.05, 3.63) is 30.3 Å². The number of likely N-dealkylation sites (tertiary alicyclic amines) is 1. The van der Waals surface area contributed by atoms with Gasteiger partial charge in [0.2, 0.25) is 11.8 Å². The lowest BCUT2D eigenvalue weighted by Gasteiger charge is -2.49. The van der Waals surface area contributed by atoms with Gasteiger partial charge in [0.25, 0.3) is 0 Å². The number of carbonyl (C=O) groups excluding carboxylic acids is 2. The van der Waals surface area contributed by atoms with Gasteiger partial charge in [0.15, 0.2) is 0 Å². The number of hydrogen-bond acceptors (Lipinski definition) is 4. The highest BCUT2D eigenvalue weighted by atomic mass is 16.5. The summed E-state index contributed by atoms with van der Waals surface area (Å²) >= 11 is 0. The number of hydrogen-bond donors (Lipinski definition) is 2. The fraction of sp³-hybridized carbons (Fsp3) is 0.529. The van der Waals surface area contributed by atoms with Crippen LogP contribution in [0.15, 0.2) is 30.3 Å². The fourth-order valence-corrected chi connectivity index (χ4v) is 2.62. The molecule has 1 aliphatic heterocycles. The topological polar surface area (TPSA) is 70.7 Å². The second-order valence-corrected chi connectivity index (χ2v) is 5.91. The zero-order chi connectivity index (χ0) is 16.7. The van der Waals surface area contributed by atoms with Gasteiger partial charge in [-0.15, -0.1) is 0 Å². The van der Waals surface area contributed by atoms with Crippen molar-refractivity contribution in [2.45, 2.75) is 25.8 Å². The first-order chi connectivity index (χ1) is 11.0. The van der Waals surface area contributed by atoms with Crippen molar-refractivity contribution in [3.8, 4) is 5.75 Å². The maximum Gasteiger partial charge on any atom is 0.240 e. The van der Waals surface area contributed by atoms with Gasteiger partial charge in [0.05, 0.1) is 5.54 Å². The van der Waals surface area contributed by atoms with Crippen LogP contribution in [0.5, 0.6) is 5.75 Å². The van der Waals surface area contributed by atoms with Gasteiger partial charge in [0.1, 0.15) is 12.4 Å². The molecule has 0 aliphatic carbocycles. The summed E-state index contributed by atoms with van der Waals surface area (Å²) in [7, 11) is 0. The van der Waals surface area contributed by atoms with Gasteiger partial charge in [0, 0.05) is 33.1 Å². The third-order valence-electron chi connectivity index (χ3n) is 4.21. The van der Waals surface area contributed by atoms with Crippen LogP contribution in [0.2, 0.25) is 0 Å². The fourth-order valence-electron chi connectivity index (χ4n) is 2.62. The van der Waals surface area contributed by atoms with Crippen molar-refractivity contribution in [1.29, 1.82) is 0 Å². The third kappa shape index (κ3) is 4.69. The SMILES string of the molecule is CC(=O)NCCNC(=O)C1(C)CCN1CCOc1ccccc1. The van der Waals surface area contributed by atoms with Crippen molar-refractivity contribution < 1.29 is 14.3 Å². The van der Waals surface area contributed by atoms with Gasteiger partial charge in [-0.1, -0.05) is 18.2 Å². The van der Waals surface area contributed by atoms with E-state index < -0.39 is 5.54 Å². The van der Waals surface area contributed by atoms with Crippen molar-refractivity contribution in [2.75, 3.05) is 32.8 Å². The normalized spacial score (nSPS) is 20.4. The molecule has 1 heterocycles. The smallest absolute Gasteiger partial charge is 0.240 e. The summed E-state index contributed by atoms with van der Waals surface area (Å²) in [4.78, 5) is 25.3. The molecule has 1 aromatic rings. The first kappa shape index (κ1) is 17.3. The molecule has 1 atom stereocenters. The zero-order valence-corrected chi connectivity index (χ0v) is 13.8. The maximum atomic E-state index is 12.3. The number of para-hydroxylation sites is 1. The molecule has 1 unspecified atom stereocenters. The molecule has 2 amide bonds. The van der Waals surface area contributed by atoms with E-state index in [2.05, 4.69) is 15.5 Å². The minimum atomic E-state index is -0.476. The average Bonchev–Trinajstić information content (AvgIpc) is 2.54. The largest absolute Gasteiger partial charge is 0.492 e. The number of carbonyl (C=O) groups is 2. The number of nitrogens with zero attached hydrogens (tertiary/aromatic N) is 1. The van der Waals surface area contributed by atoms with Gasteiger partial charge >= 0.3 is 0 Å². The van der Waals surface area contributed by atoms with E-state index in [1.807, 2.05) is 37.3 Å². The van der Waals surface area contributed by atoms with Crippen LogP contribution >= 0.6 is 0 Å². The molecule has 2 N–H and O–H groups in total. The number of amides is 2. The Kier molecular flexibility index (Phi) is 5.98. The molecule has 0 aromatic heterocycles. The standard InChI is InChI=1S/C17H25N3O3/c1-14(21)18-9-10-19-16(22)17(2)8-11-20(17)12-13-23-15-6-4-3-5-7-15/h3-7H,8-13H2,1-2H3,(H,18,21)(H,19,22). The molecular formula is C17H25N3O3. The molecular weight excluding hydrogens is 294 g/mol. The molecule has 1 aliphatic rings. The van der Waals surface area contributed by atoms with E-state index in [1.165, 1.54) is 6.92 Å². The number of nitrogens with one attached hydrogen (secondary N) is 2. The summed E-state index contributed by atoms with van der Waals surface area (Å²) in [5.41, 5.74) is -0.476. The van der Waals surface area contributed by atoms with Crippen LogP contribution in [0, 0.1) is 0 Å². The molecule has 0 spiro atoms. The van der Waals surface area contributed by atoms with Crippen molar-refractivity contribution in [3.63, 3.8) is 0 Å². The lowest BCUT2D eigenvalue weighted by Crippen LogP contribution is -2.66. The second kappa shape index (κ2) is 7.97. The Morgan fingerprint density at radius 1 is 1.22 bits per heavy atom. The first-order valence-corrected chi connectivity index (χ1v) is 7.98. The predicted octanol–water partition coefficient (Wildman–Crippen LogP) is 0.782.